The lowest BCUT2D eigenvalue weighted by Gasteiger charge is -2.13. The van der Waals surface area contributed by atoms with Crippen LogP contribution in [-0.4, -0.2) is 10.9 Å². The molecule has 0 atom stereocenters. The number of fused-ring (bicyclic) bond motifs is 1. The van der Waals surface area contributed by atoms with Gasteiger partial charge in [0.2, 0.25) is 0 Å². The van der Waals surface area contributed by atoms with E-state index in [9.17, 15) is 4.79 Å². The number of nitrogens with one attached hydrogen (secondary N) is 1. The highest BCUT2D eigenvalue weighted by molar-refractivity contribution is 6.31. The Labute approximate surface area is 154 Å². The van der Waals surface area contributed by atoms with Crippen molar-refractivity contribution in [3.63, 3.8) is 0 Å². The van der Waals surface area contributed by atoms with E-state index < -0.39 is 0 Å². The van der Waals surface area contributed by atoms with E-state index in [0.717, 1.165) is 0 Å². The molecule has 3 aromatic carbocycles. The molecule has 0 radical (unpaired) electrons. The third-order valence-electron chi connectivity index (χ3n) is 3.75. The quantitative estimate of drug-likeness (QED) is 0.517. The molecule has 4 aromatic rings. The number of aromatic nitrogens is 1. The number of amides is 1. The summed E-state index contributed by atoms with van der Waals surface area (Å²) in [6.07, 6.45) is 1.34. The summed E-state index contributed by atoms with van der Waals surface area (Å²) in [5.41, 5.74) is 2.17. The van der Waals surface area contributed by atoms with Gasteiger partial charge in [-0.25, -0.2) is 4.98 Å². The number of halogens is 1. The smallest absolute Gasteiger partial charge is 0.255 e. The van der Waals surface area contributed by atoms with Crippen LogP contribution in [0.5, 0.6) is 11.5 Å². The Morgan fingerprint density at radius 1 is 1.04 bits per heavy atom. The number of benzene rings is 3. The number of ether oxygens (including phenoxy) is 1. The molecule has 0 aliphatic carbocycles. The summed E-state index contributed by atoms with van der Waals surface area (Å²) in [4.78, 5) is 16.7. The minimum Gasteiger partial charge on any atom is -0.455 e. The van der Waals surface area contributed by atoms with Crippen LogP contribution in [0.4, 0.5) is 5.69 Å². The Morgan fingerprint density at radius 2 is 1.88 bits per heavy atom. The van der Waals surface area contributed by atoms with E-state index in [4.69, 9.17) is 20.8 Å². The lowest BCUT2D eigenvalue weighted by atomic mass is 10.2. The summed E-state index contributed by atoms with van der Waals surface area (Å²) >= 11 is 6.08. The molecule has 1 N–H and O–H groups in total. The van der Waals surface area contributed by atoms with Gasteiger partial charge in [0, 0.05) is 10.6 Å². The Kier molecular flexibility index (Phi) is 4.29. The Morgan fingerprint density at radius 3 is 2.73 bits per heavy atom. The van der Waals surface area contributed by atoms with E-state index in [-0.39, 0.29) is 5.91 Å². The first-order valence-electron chi connectivity index (χ1n) is 7.86. The highest BCUT2D eigenvalue weighted by Crippen LogP contribution is 2.32. The molecule has 0 bridgehead atoms. The van der Waals surface area contributed by atoms with Crippen LogP contribution in [-0.2, 0) is 0 Å². The zero-order valence-corrected chi connectivity index (χ0v) is 14.2. The number of para-hydroxylation sites is 1. The predicted molar refractivity (Wildman–Crippen MR) is 99.9 cm³/mol. The van der Waals surface area contributed by atoms with Crippen molar-refractivity contribution >= 4 is 34.3 Å². The summed E-state index contributed by atoms with van der Waals surface area (Å²) in [5, 5.41) is 3.33. The van der Waals surface area contributed by atoms with Crippen molar-refractivity contribution < 1.29 is 13.9 Å². The summed E-state index contributed by atoms with van der Waals surface area (Å²) in [7, 11) is 0. The van der Waals surface area contributed by atoms with E-state index in [1.54, 1.807) is 36.4 Å². The molecule has 0 spiro atoms. The van der Waals surface area contributed by atoms with Crippen molar-refractivity contribution in [3.8, 4) is 11.5 Å². The maximum absolute atomic E-state index is 12.6. The second-order valence-corrected chi connectivity index (χ2v) is 5.98. The maximum Gasteiger partial charge on any atom is 0.255 e. The van der Waals surface area contributed by atoms with Crippen LogP contribution in [0.15, 0.2) is 77.5 Å². The molecular weight excluding hydrogens is 352 g/mol. The van der Waals surface area contributed by atoms with Gasteiger partial charge in [0.15, 0.2) is 17.7 Å². The molecule has 1 heterocycles. The Balaban J connectivity index is 1.62. The lowest BCUT2D eigenvalue weighted by molar-refractivity contribution is 0.102. The molecule has 0 aliphatic rings. The van der Waals surface area contributed by atoms with Crippen molar-refractivity contribution in [2.24, 2.45) is 0 Å². The molecule has 26 heavy (non-hydrogen) atoms. The number of carbonyl (C=O) groups excluding carboxylic acids is 1. The fourth-order valence-corrected chi connectivity index (χ4v) is 2.67. The standard InChI is InChI=1S/C20H13ClN2O3/c21-14-7-9-19(26-15-4-2-1-3-5-15)17(11-14)23-20(24)13-6-8-18-16(10-13)22-12-25-18/h1-12H,(H,23,24). The van der Waals surface area contributed by atoms with Gasteiger partial charge in [-0.05, 0) is 48.5 Å². The number of hydrogen-bond donors (Lipinski definition) is 1. The minimum atomic E-state index is -0.296. The third kappa shape index (κ3) is 3.38. The van der Waals surface area contributed by atoms with Crippen molar-refractivity contribution in [2.45, 2.75) is 0 Å². The topological polar surface area (TPSA) is 64.4 Å². The van der Waals surface area contributed by atoms with Crippen LogP contribution >= 0.6 is 11.6 Å². The predicted octanol–water partition coefficient (Wildman–Crippen LogP) is 5.53. The van der Waals surface area contributed by atoms with Crippen LogP contribution in [0.2, 0.25) is 5.02 Å². The molecule has 6 heteroatoms. The van der Waals surface area contributed by atoms with Gasteiger partial charge in [0.1, 0.15) is 11.3 Å². The second kappa shape index (κ2) is 6.90. The van der Waals surface area contributed by atoms with Crippen molar-refractivity contribution in [2.75, 3.05) is 5.32 Å². The zero-order chi connectivity index (χ0) is 17.9. The maximum atomic E-state index is 12.6. The lowest BCUT2D eigenvalue weighted by Crippen LogP contribution is -2.12. The fraction of sp³-hybridized carbons (Fsp3) is 0. The monoisotopic (exact) mass is 364 g/mol. The van der Waals surface area contributed by atoms with E-state index in [2.05, 4.69) is 10.3 Å². The Hall–Kier alpha value is -3.31. The van der Waals surface area contributed by atoms with Gasteiger partial charge >= 0.3 is 0 Å². The van der Waals surface area contributed by atoms with Gasteiger partial charge in [0.25, 0.3) is 5.91 Å². The SMILES string of the molecule is O=C(Nc1cc(Cl)ccc1Oc1ccccc1)c1ccc2ocnc2c1. The number of hydrogen-bond acceptors (Lipinski definition) is 4. The average molecular weight is 365 g/mol. The first-order valence-corrected chi connectivity index (χ1v) is 8.24. The van der Waals surface area contributed by atoms with Gasteiger partial charge < -0.3 is 14.5 Å². The summed E-state index contributed by atoms with van der Waals surface area (Å²) in [5.74, 6) is 0.862. The number of oxazole rings is 1. The second-order valence-electron chi connectivity index (χ2n) is 5.54. The minimum absolute atomic E-state index is 0.296. The van der Waals surface area contributed by atoms with Crippen LogP contribution in [0, 0.1) is 0 Å². The normalized spacial score (nSPS) is 10.7. The average Bonchev–Trinajstić information content (AvgIpc) is 3.12. The summed E-state index contributed by atoms with van der Waals surface area (Å²) in [6, 6.07) is 19.4. The molecule has 5 nitrogen and oxygen atoms in total. The highest BCUT2D eigenvalue weighted by atomic mass is 35.5. The number of carbonyl (C=O) groups is 1. The van der Waals surface area contributed by atoms with Gasteiger partial charge in [-0.2, -0.15) is 0 Å². The largest absolute Gasteiger partial charge is 0.455 e. The van der Waals surface area contributed by atoms with Gasteiger partial charge in [-0.15, -0.1) is 0 Å². The molecule has 0 unspecified atom stereocenters. The van der Waals surface area contributed by atoms with E-state index in [1.807, 2.05) is 30.3 Å². The number of anilines is 1. The molecule has 1 amide bonds. The van der Waals surface area contributed by atoms with Crippen LogP contribution in [0.3, 0.4) is 0 Å². The summed E-state index contributed by atoms with van der Waals surface area (Å²) < 4.78 is 11.1. The molecule has 4 rings (SSSR count). The third-order valence-corrected chi connectivity index (χ3v) is 3.99. The van der Waals surface area contributed by atoms with Crippen LogP contribution in [0.1, 0.15) is 10.4 Å². The van der Waals surface area contributed by atoms with Gasteiger partial charge in [-0.3, -0.25) is 4.79 Å². The van der Waals surface area contributed by atoms with E-state index in [1.165, 1.54) is 6.39 Å². The first-order chi connectivity index (χ1) is 12.7. The molecular formula is C20H13ClN2O3. The molecule has 128 valence electrons. The van der Waals surface area contributed by atoms with E-state index in [0.29, 0.717) is 38.9 Å². The molecule has 0 fully saturated rings. The summed E-state index contributed by atoms with van der Waals surface area (Å²) in [6.45, 7) is 0. The van der Waals surface area contributed by atoms with Crippen LogP contribution < -0.4 is 10.1 Å². The number of nitrogens with zero attached hydrogens (tertiary/aromatic N) is 1. The van der Waals surface area contributed by atoms with Gasteiger partial charge in [0.05, 0.1) is 5.69 Å². The first kappa shape index (κ1) is 16.2. The number of rotatable bonds is 4. The Bertz CT molecular complexity index is 1080. The molecule has 0 aliphatic heterocycles. The fourth-order valence-electron chi connectivity index (χ4n) is 2.50. The molecule has 1 aromatic heterocycles. The van der Waals surface area contributed by atoms with Crippen molar-refractivity contribution in [1.29, 1.82) is 0 Å². The zero-order valence-electron chi connectivity index (χ0n) is 13.5. The van der Waals surface area contributed by atoms with E-state index >= 15 is 0 Å². The van der Waals surface area contributed by atoms with Crippen molar-refractivity contribution in [3.05, 3.63) is 83.7 Å². The van der Waals surface area contributed by atoms with Crippen LogP contribution in [0.25, 0.3) is 11.1 Å². The highest BCUT2D eigenvalue weighted by Gasteiger charge is 2.13. The van der Waals surface area contributed by atoms with Gasteiger partial charge in [-0.1, -0.05) is 29.8 Å². The molecule has 0 saturated heterocycles. The molecule has 0 saturated carbocycles. The van der Waals surface area contributed by atoms with Crippen molar-refractivity contribution in [1.82, 2.24) is 4.98 Å².